The summed E-state index contributed by atoms with van der Waals surface area (Å²) in [7, 11) is -1.96. The first-order valence-corrected chi connectivity index (χ1v) is 11.7. The van der Waals surface area contributed by atoms with E-state index in [0.29, 0.717) is 24.5 Å². The van der Waals surface area contributed by atoms with Crippen LogP contribution in [0.5, 0.6) is 5.75 Å². The van der Waals surface area contributed by atoms with Crippen LogP contribution in [0.15, 0.2) is 65.7 Å². The zero-order chi connectivity index (χ0) is 22.7. The van der Waals surface area contributed by atoms with Gasteiger partial charge in [-0.05, 0) is 48.7 Å². The smallest absolute Gasteiger partial charge is 0.272 e. The monoisotopic (exact) mass is 457 g/mol. The minimum atomic E-state index is -3.60. The summed E-state index contributed by atoms with van der Waals surface area (Å²) >= 11 is 0. The number of ether oxygens (including phenoxy) is 1. The number of carbonyl (C=O) groups excluding carboxylic acids is 1. The van der Waals surface area contributed by atoms with Gasteiger partial charge in [-0.2, -0.15) is 4.31 Å². The van der Waals surface area contributed by atoms with Crippen LogP contribution in [0, 0.1) is 5.82 Å². The minimum absolute atomic E-state index is 0.114. The molecule has 0 unspecified atom stereocenters. The second-order valence-corrected chi connectivity index (χ2v) is 9.62. The van der Waals surface area contributed by atoms with Crippen molar-refractivity contribution >= 4 is 21.6 Å². The number of hydrogen-bond donors (Lipinski definition) is 1. The summed E-state index contributed by atoms with van der Waals surface area (Å²) in [5.74, 6) is -0.196. The van der Waals surface area contributed by atoms with Crippen molar-refractivity contribution in [3.8, 4) is 5.75 Å². The molecule has 1 amide bonds. The Labute approximate surface area is 186 Å². The molecule has 1 N–H and O–H groups in total. The van der Waals surface area contributed by atoms with Crippen molar-refractivity contribution in [2.75, 3.05) is 18.4 Å². The van der Waals surface area contributed by atoms with Crippen molar-refractivity contribution in [2.45, 2.75) is 24.3 Å². The van der Waals surface area contributed by atoms with E-state index in [1.54, 1.807) is 43.4 Å². The quantitative estimate of drug-likeness (QED) is 0.586. The molecule has 2 heterocycles. The number of rotatable bonds is 7. The molecule has 168 valence electrons. The molecule has 9 heteroatoms. The van der Waals surface area contributed by atoms with Gasteiger partial charge in [0.05, 0.1) is 0 Å². The Balaban J connectivity index is 1.44. The number of nitrogens with zero attached hydrogens (tertiary/aromatic N) is 2. The van der Waals surface area contributed by atoms with Crippen molar-refractivity contribution in [2.24, 2.45) is 7.05 Å². The molecular formula is C23H24FN3O4S. The van der Waals surface area contributed by atoms with E-state index in [1.165, 1.54) is 33.3 Å². The van der Waals surface area contributed by atoms with Crippen molar-refractivity contribution < 1.29 is 22.3 Å². The van der Waals surface area contributed by atoms with Crippen LogP contribution in [-0.4, -0.2) is 36.3 Å². The van der Waals surface area contributed by atoms with Gasteiger partial charge in [-0.1, -0.05) is 18.2 Å². The first-order chi connectivity index (χ1) is 15.3. The SMILES string of the molecule is Cn1cc(S(=O)(=O)N2CCCC2)cc1C(=O)Nc1cccc(OCc2ccc(F)cc2)c1. The summed E-state index contributed by atoms with van der Waals surface area (Å²) in [4.78, 5) is 12.9. The highest BCUT2D eigenvalue weighted by Crippen LogP contribution is 2.24. The predicted molar refractivity (Wildman–Crippen MR) is 119 cm³/mol. The Kier molecular flexibility index (Phi) is 6.29. The van der Waals surface area contributed by atoms with Gasteiger partial charge in [-0.15, -0.1) is 0 Å². The number of sulfonamides is 1. The summed E-state index contributed by atoms with van der Waals surface area (Å²) < 4.78 is 47.3. The maximum absolute atomic E-state index is 13.0. The van der Waals surface area contributed by atoms with Crippen LogP contribution >= 0.6 is 0 Å². The van der Waals surface area contributed by atoms with Crippen LogP contribution in [0.2, 0.25) is 0 Å². The number of nitrogens with one attached hydrogen (secondary N) is 1. The summed E-state index contributed by atoms with van der Waals surface area (Å²) in [5.41, 5.74) is 1.56. The van der Waals surface area contributed by atoms with Crippen LogP contribution < -0.4 is 10.1 Å². The first-order valence-electron chi connectivity index (χ1n) is 10.3. The lowest BCUT2D eigenvalue weighted by Crippen LogP contribution is -2.27. The third-order valence-electron chi connectivity index (χ3n) is 5.33. The third-order valence-corrected chi connectivity index (χ3v) is 7.19. The standard InChI is InChI=1S/C23H24FN3O4S/c1-26-15-21(32(29,30)27-11-2-3-12-27)14-22(26)23(28)25-19-5-4-6-20(13-19)31-16-17-7-9-18(24)10-8-17/h4-10,13-15H,2-3,11-12,16H2,1H3,(H,25,28). The Bertz CT molecular complexity index is 1220. The van der Waals surface area contributed by atoms with Crippen molar-refractivity contribution in [3.05, 3.63) is 77.9 Å². The predicted octanol–water partition coefficient (Wildman–Crippen LogP) is 3.78. The van der Waals surface area contributed by atoms with Crippen LogP contribution in [0.4, 0.5) is 10.1 Å². The van der Waals surface area contributed by atoms with Crippen LogP contribution in [-0.2, 0) is 23.7 Å². The highest BCUT2D eigenvalue weighted by atomic mass is 32.2. The van der Waals surface area contributed by atoms with Crippen molar-refractivity contribution in [3.63, 3.8) is 0 Å². The van der Waals surface area contributed by atoms with Gasteiger partial charge in [-0.25, -0.2) is 12.8 Å². The van der Waals surface area contributed by atoms with E-state index in [1.807, 2.05) is 0 Å². The molecule has 0 atom stereocenters. The van der Waals surface area contributed by atoms with Gasteiger partial charge in [-0.3, -0.25) is 4.79 Å². The molecule has 1 saturated heterocycles. The third kappa shape index (κ3) is 4.84. The van der Waals surface area contributed by atoms with Crippen LogP contribution in [0.3, 0.4) is 0 Å². The lowest BCUT2D eigenvalue weighted by Gasteiger charge is -2.13. The summed E-state index contributed by atoms with van der Waals surface area (Å²) in [5, 5.41) is 2.78. The van der Waals surface area contributed by atoms with Gasteiger partial charge in [0.2, 0.25) is 10.0 Å². The molecular weight excluding hydrogens is 433 g/mol. The fraction of sp³-hybridized carbons (Fsp3) is 0.261. The number of aryl methyl sites for hydroxylation is 1. The van der Waals surface area contributed by atoms with Gasteiger partial charge in [0, 0.05) is 38.1 Å². The van der Waals surface area contributed by atoms with E-state index >= 15 is 0 Å². The Hall–Kier alpha value is -3.17. The highest BCUT2D eigenvalue weighted by molar-refractivity contribution is 7.89. The maximum atomic E-state index is 13.0. The van der Waals surface area contributed by atoms with Crippen molar-refractivity contribution in [1.29, 1.82) is 0 Å². The molecule has 2 aromatic carbocycles. The van der Waals surface area contributed by atoms with Crippen LogP contribution in [0.1, 0.15) is 28.9 Å². The summed E-state index contributed by atoms with van der Waals surface area (Å²) in [6.07, 6.45) is 3.16. The van der Waals surface area contributed by atoms with E-state index < -0.39 is 15.9 Å². The normalized spacial score (nSPS) is 14.4. The number of benzene rings is 2. The molecule has 1 aliphatic rings. The van der Waals surface area contributed by atoms with E-state index in [-0.39, 0.29) is 23.0 Å². The number of hydrogen-bond acceptors (Lipinski definition) is 4. The largest absolute Gasteiger partial charge is 0.489 e. The molecule has 1 aromatic heterocycles. The number of anilines is 1. The Morgan fingerprint density at radius 3 is 2.53 bits per heavy atom. The highest BCUT2D eigenvalue weighted by Gasteiger charge is 2.29. The number of aromatic nitrogens is 1. The first kappa shape index (κ1) is 22.0. The van der Waals surface area contributed by atoms with Gasteiger partial charge < -0.3 is 14.6 Å². The molecule has 0 saturated carbocycles. The average molecular weight is 458 g/mol. The second kappa shape index (κ2) is 9.13. The average Bonchev–Trinajstić information content (AvgIpc) is 3.44. The maximum Gasteiger partial charge on any atom is 0.272 e. The number of halogens is 1. The van der Waals surface area contributed by atoms with Gasteiger partial charge >= 0.3 is 0 Å². The molecule has 1 fully saturated rings. The Morgan fingerprint density at radius 2 is 1.81 bits per heavy atom. The van der Waals surface area contributed by atoms with Gasteiger partial charge in [0.15, 0.2) is 0 Å². The molecule has 7 nitrogen and oxygen atoms in total. The molecule has 0 bridgehead atoms. The molecule has 1 aliphatic heterocycles. The van der Waals surface area contributed by atoms with E-state index in [0.717, 1.165) is 18.4 Å². The zero-order valence-corrected chi connectivity index (χ0v) is 18.4. The molecule has 0 spiro atoms. The van der Waals surface area contributed by atoms with E-state index in [2.05, 4.69) is 5.32 Å². The molecule has 32 heavy (non-hydrogen) atoms. The fourth-order valence-corrected chi connectivity index (χ4v) is 5.17. The molecule has 0 aliphatic carbocycles. The fourth-order valence-electron chi connectivity index (χ4n) is 3.58. The number of carbonyl (C=O) groups is 1. The van der Waals surface area contributed by atoms with Crippen LogP contribution in [0.25, 0.3) is 0 Å². The number of amides is 1. The second-order valence-electron chi connectivity index (χ2n) is 7.68. The topological polar surface area (TPSA) is 80.6 Å². The minimum Gasteiger partial charge on any atom is -0.489 e. The van der Waals surface area contributed by atoms with Gasteiger partial charge in [0.1, 0.15) is 28.8 Å². The summed E-state index contributed by atoms with van der Waals surface area (Å²) in [6.45, 7) is 1.26. The van der Waals surface area contributed by atoms with Gasteiger partial charge in [0.25, 0.3) is 5.91 Å². The van der Waals surface area contributed by atoms with E-state index in [4.69, 9.17) is 4.74 Å². The lowest BCUT2D eigenvalue weighted by molar-refractivity contribution is 0.101. The molecule has 0 radical (unpaired) electrons. The van der Waals surface area contributed by atoms with E-state index in [9.17, 15) is 17.6 Å². The lowest BCUT2D eigenvalue weighted by atomic mass is 10.2. The van der Waals surface area contributed by atoms with Crippen molar-refractivity contribution in [1.82, 2.24) is 8.87 Å². The molecule has 4 rings (SSSR count). The molecule has 3 aromatic rings. The Morgan fingerprint density at radius 1 is 1.09 bits per heavy atom. The zero-order valence-electron chi connectivity index (χ0n) is 17.6. The summed E-state index contributed by atoms with van der Waals surface area (Å²) in [6, 6.07) is 14.3.